The second kappa shape index (κ2) is 7.36. The van der Waals surface area contributed by atoms with Gasteiger partial charge >= 0.3 is 0 Å². The number of nitrogens with zero attached hydrogens (tertiary/aromatic N) is 5. The van der Waals surface area contributed by atoms with Gasteiger partial charge in [-0.1, -0.05) is 30.3 Å². The van der Waals surface area contributed by atoms with Crippen molar-refractivity contribution >= 4 is 16.6 Å². The lowest BCUT2D eigenvalue weighted by Crippen LogP contribution is -2.30. The first-order valence-corrected chi connectivity index (χ1v) is 9.55. The summed E-state index contributed by atoms with van der Waals surface area (Å²) in [5.41, 5.74) is 8.58. The van der Waals surface area contributed by atoms with Crippen molar-refractivity contribution in [2.75, 3.05) is 12.1 Å². The summed E-state index contributed by atoms with van der Waals surface area (Å²) in [5, 5.41) is 7.52. The molecule has 0 unspecified atom stereocenters. The van der Waals surface area contributed by atoms with Crippen LogP contribution < -0.4 is 15.2 Å². The first-order valence-electron chi connectivity index (χ1n) is 9.55. The molecule has 0 saturated heterocycles. The summed E-state index contributed by atoms with van der Waals surface area (Å²) in [5.74, 6) is 0.717. The Bertz CT molecular complexity index is 1280. The van der Waals surface area contributed by atoms with Crippen molar-refractivity contribution in [2.45, 2.75) is 0 Å². The molecule has 5 rings (SSSR count). The minimum absolute atomic E-state index is 0.717. The zero-order chi connectivity index (χ0) is 20.5. The molecule has 7 heteroatoms. The van der Waals surface area contributed by atoms with Crippen LogP contribution in [-0.2, 0) is 7.05 Å². The number of anilines is 1. The second-order valence-corrected chi connectivity index (χ2v) is 6.89. The van der Waals surface area contributed by atoms with Crippen LogP contribution in [-0.4, -0.2) is 26.9 Å². The molecule has 3 heterocycles. The first kappa shape index (κ1) is 17.9. The van der Waals surface area contributed by atoms with Gasteiger partial charge in [0, 0.05) is 48.2 Å². The summed E-state index contributed by atoms with van der Waals surface area (Å²) in [6, 6.07) is 14.1. The molecule has 30 heavy (non-hydrogen) atoms. The van der Waals surface area contributed by atoms with E-state index >= 15 is 0 Å². The Hall–Kier alpha value is -4.13. The van der Waals surface area contributed by atoms with Crippen LogP contribution in [0, 0.1) is 0 Å². The summed E-state index contributed by atoms with van der Waals surface area (Å²) in [7, 11) is 3.58. The number of ether oxygens (including phenoxy) is 1. The van der Waals surface area contributed by atoms with E-state index in [0.717, 1.165) is 39.1 Å². The van der Waals surface area contributed by atoms with E-state index in [-0.39, 0.29) is 0 Å². The first-order chi connectivity index (χ1) is 14.7. The second-order valence-electron chi connectivity index (χ2n) is 6.89. The van der Waals surface area contributed by atoms with Crippen LogP contribution >= 0.6 is 0 Å². The van der Waals surface area contributed by atoms with Crippen molar-refractivity contribution in [1.29, 1.82) is 0 Å². The molecule has 4 aromatic rings. The third kappa shape index (κ3) is 3.06. The third-order valence-corrected chi connectivity index (χ3v) is 4.98. The smallest absolute Gasteiger partial charge is 0.146 e. The molecule has 1 N–H and O–H groups in total. The summed E-state index contributed by atoms with van der Waals surface area (Å²) < 4.78 is 7.45. The van der Waals surface area contributed by atoms with Crippen molar-refractivity contribution < 1.29 is 4.74 Å². The molecular weight excluding hydrogens is 376 g/mol. The number of fused-ring (bicyclic) bond motifs is 1. The van der Waals surface area contributed by atoms with Crippen molar-refractivity contribution in [2.24, 2.45) is 7.05 Å². The SMILES string of the molecule is COc1cc2ncnc(-c3cn(C)nc3-c3ccccc3)c2cc1N1C=CC=CN1. The van der Waals surface area contributed by atoms with E-state index < -0.39 is 0 Å². The number of hydrogen-bond acceptors (Lipinski definition) is 6. The Morgan fingerprint density at radius 1 is 1.00 bits per heavy atom. The third-order valence-electron chi connectivity index (χ3n) is 4.98. The van der Waals surface area contributed by atoms with Crippen LogP contribution in [0.15, 0.2) is 79.5 Å². The molecule has 0 saturated carbocycles. The van der Waals surface area contributed by atoms with E-state index in [1.165, 1.54) is 0 Å². The largest absolute Gasteiger partial charge is 0.494 e. The molecule has 0 amide bonds. The van der Waals surface area contributed by atoms with Crippen LogP contribution in [0.5, 0.6) is 5.75 Å². The molecule has 7 nitrogen and oxygen atoms in total. The van der Waals surface area contributed by atoms with E-state index in [9.17, 15) is 0 Å². The molecule has 2 aromatic heterocycles. The van der Waals surface area contributed by atoms with Gasteiger partial charge in [-0.25, -0.2) is 9.97 Å². The maximum Gasteiger partial charge on any atom is 0.146 e. The van der Waals surface area contributed by atoms with Gasteiger partial charge in [0.15, 0.2) is 0 Å². The lowest BCUT2D eigenvalue weighted by molar-refractivity contribution is 0.415. The molecule has 1 aliphatic heterocycles. The van der Waals surface area contributed by atoms with E-state index in [4.69, 9.17) is 9.84 Å². The number of aryl methyl sites for hydroxylation is 1. The molecule has 0 fully saturated rings. The maximum absolute atomic E-state index is 5.63. The molecule has 0 bridgehead atoms. The Morgan fingerprint density at radius 2 is 1.87 bits per heavy atom. The molecule has 0 atom stereocenters. The fraction of sp³-hybridized carbons (Fsp3) is 0.0870. The number of benzene rings is 2. The Kier molecular flexibility index (Phi) is 4.40. The van der Waals surface area contributed by atoms with Crippen LogP contribution in [0.2, 0.25) is 0 Å². The predicted octanol–water partition coefficient (Wildman–Crippen LogP) is 4.06. The van der Waals surface area contributed by atoms with Gasteiger partial charge in [0.1, 0.15) is 23.5 Å². The van der Waals surface area contributed by atoms with Crippen LogP contribution in [0.25, 0.3) is 33.4 Å². The topological polar surface area (TPSA) is 68.1 Å². The average molecular weight is 396 g/mol. The van der Waals surface area contributed by atoms with E-state index in [1.807, 2.05) is 77.8 Å². The van der Waals surface area contributed by atoms with Gasteiger partial charge in [-0.3, -0.25) is 9.69 Å². The lowest BCUT2D eigenvalue weighted by Gasteiger charge is -2.24. The van der Waals surface area contributed by atoms with Gasteiger partial charge < -0.3 is 10.2 Å². The number of methoxy groups -OCH3 is 1. The highest BCUT2D eigenvalue weighted by Gasteiger charge is 2.19. The van der Waals surface area contributed by atoms with E-state index in [1.54, 1.807) is 13.4 Å². The quantitative estimate of drug-likeness (QED) is 0.561. The van der Waals surface area contributed by atoms with Gasteiger partial charge in [0.2, 0.25) is 0 Å². The molecule has 2 aromatic carbocycles. The number of hydrazine groups is 1. The monoisotopic (exact) mass is 396 g/mol. The van der Waals surface area contributed by atoms with Gasteiger partial charge in [-0.2, -0.15) is 5.10 Å². The van der Waals surface area contributed by atoms with E-state index in [2.05, 4.69) is 27.5 Å². The number of rotatable bonds is 4. The fourth-order valence-electron chi connectivity index (χ4n) is 3.62. The average Bonchev–Trinajstić information content (AvgIpc) is 3.20. The predicted molar refractivity (Wildman–Crippen MR) is 118 cm³/mol. The normalized spacial score (nSPS) is 12.9. The number of nitrogens with one attached hydrogen (secondary N) is 1. The highest BCUT2D eigenvalue weighted by Crippen LogP contribution is 2.38. The summed E-state index contributed by atoms with van der Waals surface area (Å²) in [4.78, 5) is 9.12. The number of hydrogen-bond donors (Lipinski definition) is 1. The van der Waals surface area contributed by atoms with Crippen molar-refractivity contribution in [1.82, 2.24) is 25.2 Å². The summed E-state index contributed by atoms with van der Waals surface area (Å²) in [6.45, 7) is 0. The van der Waals surface area contributed by atoms with Crippen LogP contribution in [0.1, 0.15) is 0 Å². The molecule has 0 spiro atoms. The van der Waals surface area contributed by atoms with E-state index in [0.29, 0.717) is 5.75 Å². The Morgan fingerprint density at radius 3 is 2.63 bits per heavy atom. The molecule has 1 aliphatic rings. The van der Waals surface area contributed by atoms with Crippen LogP contribution in [0.3, 0.4) is 0 Å². The zero-order valence-electron chi connectivity index (χ0n) is 16.6. The zero-order valence-corrected chi connectivity index (χ0v) is 16.6. The molecule has 0 radical (unpaired) electrons. The van der Waals surface area contributed by atoms with Crippen molar-refractivity contribution in [3.8, 4) is 28.3 Å². The van der Waals surface area contributed by atoms with Gasteiger partial charge in [-0.15, -0.1) is 0 Å². The molecule has 148 valence electrons. The Balaban J connectivity index is 1.73. The van der Waals surface area contributed by atoms with Gasteiger partial charge in [-0.05, 0) is 18.2 Å². The lowest BCUT2D eigenvalue weighted by atomic mass is 10.0. The molecular formula is C23H20N6O. The van der Waals surface area contributed by atoms with Gasteiger partial charge in [0.05, 0.1) is 18.3 Å². The highest BCUT2D eigenvalue weighted by molar-refractivity contribution is 5.98. The fourth-order valence-corrected chi connectivity index (χ4v) is 3.62. The number of aromatic nitrogens is 4. The summed E-state index contributed by atoms with van der Waals surface area (Å²) in [6.07, 6.45) is 11.3. The standard InChI is InChI=1S/C23H20N6O/c1-28-14-18(22(27-28)16-8-4-3-5-9-16)23-17-12-20(29-11-7-6-10-26-29)21(30-2)13-19(17)24-15-25-23/h3-15,26H,1-2H3. The van der Waals surface area contributed by atoms with Crippen molar-refractivity contribution in [3.05, 3.63) is 79.5 Å². The number of allylic oxidation sites excluding steroid dienone is 2. The highest BCUT2D eigenvalue weighted by atomic mass is 16.5. The van der Waals surface area contributed by atoms with Crippen LogP contribution in [0.4, 0.5) is 5.69 Å². The molecule has 0 aliphatic carbocycles. The summed E-state index contributed by atoms with van der Waals surface area (Å²) >= 11 is 0. The van der Waals surface area contributed by atoms with Crippen molar-refractivity contribution in [3.63, 3.8) is 0 Å². The maximum atomic E-state index is 5.63. The minimum atomic E-state index is 0.717. The van der Waals surface area contributed by atoms with Gasteiger partial charge in [0.25, 0.3) is 0 Å². The Labute approximate surface area is 173 Å². The minimum Gasteiger partial charge on any atom is -0.494 e.